The highest BCUT2D eigenvalue weighted by atomic mass is 16.5. The third-order valence-electron chi connectivity index (χ3n) is 3.45. The quantitative estimate of drug-likeness (QED) is 0.722. The van der Waals surface area contributed by atoms with Gasteiger partial charge in [0.25, 0.3) is 0 Å². The van der Waals surface area contributed by atoms with E-state index in [4.69, 9.17) is 9.84 Å². The van der Waals surface area contributed by atoms with Gasteiger partial charge in [-0.2, -0.15) is 0 Å². The van der Waals surface area contributed by atoms with Crippen molar-refractivity contribution in [2.24, 2.45) is 0 Å². The number of aliphatic hydroxyl groups is 1. The van der Waals surface area contributed by atoms with Crippen molar-refractivity contribution in [3.8, 4) is 0 Å². The molecule has 126 valence electrons. The summed E-state index contributed by atoms with van der Waals surface area (Å²) in [4.78, 5) is 23.0. The summed E-state index contributed by atoms with van der Waals surface area (Å²) in [7, 11) is 0. The molecular weight excluding hydrogens is 310 g/mol. The van der Waals surface area contributed by atoms with Crippen LogP contribution in [0.2, 0.25) is 0 Å². The Kier molecular flexibility index (Phi) is 6.33. The molecule has 0 spiro atoms. The minimum Gasteiger partial charge on any atom is -0.479 e. The molecule has 0 aliphatic carbocycles. The number of hydrogen-bond acceptors (Lipinski definition) is 4. The number of alkyl carbamates (subject to hydrolysis) is 1. The van der Waals surface area contributed by atoms with Gasteiger partial charge in [-0.1, -0.05) is 60.7 Å². The Morgan fingerprint density at radius 3 is 2.04 bits per heavy atom. The largest absolute Gasteiger partial charge is 0.479 e. The van der Waals surface area contributed by atoms with Crippen molar-refractivity contribution in [3.63, 3.8) is 0 Å². The van der Waals surface area contributed by atoms with Crippen LogP contribution in [0, 0.1) is 0 Å². The average Bonchev–Trinajstić information content (AvgIpc) is 2.60. The standard InChI is InChI=1S/C18H19NO5/c20-16(17(21)22)15(11-13-7-3-1-4-8-13)19-18(23)24-12-14-9-5-2-6-10-14/h1-10,15-16,20H,11-12H2,(H,19,23)(H,21,22)/t15-,16?/m1/s1. The number of carboxylic acid groups (broad SMARTS) is 1. The molecule has 24 heavy (non-hydrogen) atoms. The summed E-state index contributed by atoms with van der Waals surface area (Å²) in [6.07, 6.45) is -2.33. The van der Waals surface area contributed by atoms with Crippen molar-refractivity contribution >= 4 is 12.1 Å². The lowest BCUT2D eigenvalue weighted by molar-refractivity contribution is -0.148. The molecule has 0 saturated heterocycles. The van der Waals surface area contributed by atoms with Gasteiger partial charge in [0, 0.05) is 0 Å². The van der Waals surface area contributed by atoms with Crippen LogP contribution < -0.4 is 5.32 Å². The van der Waals surface area contributed by atoms with Crippen LogP contribution in [-0.2, 0) is 22.6 Å². The van der Waals surface area contributed by atoms with Crippen LogP contribution >= 0.6 is 0 Å². The Morgan fingerprint density at radius 2 is 1.50 bits per heavy atom. The molecule has 0 saturated carbocycles. The van der Waals surface area contributed by atoms with E-state index in [1.807, 2.05) is 24.3 Å². The van der Waals surface area contributed by atoms with Gasteiger partial charge in [0.05, 0.1) is 6.04 Å². The maximum Gasteiger partial charge on any atom is 0.407 e. The zero-order valence-corrected chi connectivity index (χ0v) is 13.0. The van der Waals surface area contributed by atoms with Crippen molar-refractivity contribution in [1.82, 2.24) is 5.32 Å². The summed E-state index contributed by atoms with van der Waals surface area (Å²) in [6, 6.07) is 17.1. The van der Waals surface area contributed by atoms with Crippen LogP contribution in [0.5, 0.6) is 0 Å². The second kappa shape index (κ2) is 8.69. The molecule has 2 rings (SSSR count). The molecule has 0 fully saturated rings. The second-order valence-electron chi connectivity index (χ2n) is 5.29. The van der Waals surface area contributed by atoms with Gasteiger partial charge in [0.15, 0.2) is 6.10 Å². The fourth-order valence-electron chi connectivity index (χ4n) is 2.20. The van der Waals surface area contributed by atoms with E-state index in [0.29, 0.717) is 0 Å². The fraction of sp³-hybridized carbons (Fsp3) is 0.222. The molecule has 0 radical (unpaired) electrons. The third-order valence-corrected chi connectivity index (χ3v) is 3.45. The summed E-state index contributed by atoms with van der Waals surface area (Å²) in [5.74, 6) is -1.40. The highest BCUT2D eigenvalue weighted by molar-refractivity contribution is 5.75. The summed E-state index contributed by atoms with van der Waals surface area (Å²) in [5, 5.41) is 21.2. The summed E-state index contributed by atoms with van der Waals surface area (Å²) < 4.78 is 5.07. The van der Waals surface area contributed by atoms with Gasteiger partial charge in [0.1, 0.15) is 6.61 Å². The van der Waals surface area contributed by atoms with Gasteiger partial charge in [-0.05, 0) is 17.5 Å². The molecule has 3 N–H and O–H groups in total. The first-order valence-corrected chi connectivity index (χ1v) is 7.48. The van der Waals surface area contributed by atoms with E-state index in [0.717, 1.165) is 11.1 Å². The van der Waals surface area contributed by atoms with Crippen molar-refractivity contribution in [3.05, 3.63) is 71.8 Å². The maximum atomic E-state index is 11.9. The number of hydrogen-bond donors (Lipinski definition) is 3. The molecule has 6 heteroatoms. The predicted octanol–water partition coefficient (Wildman–Crippen LogP) is 1.97. The minimum absolute atomic E-state index is 0.0634. The van der Waals surface area contributed by atoms with Gasteiger partial charge < -0.3 is 20.3 Å². The number of rotatable bonds is 7. The molecule has 1 amide bonds. The minimum atomic E-state index is -1.73. The number of benzene rings is 2. The Morgan fingerprint density at radius 1 is 0.958 bits per heavy atom. The normalized spacial score (nSPS) is 12.9. The zero-order valence-electron chi connectivity index (χ0n) is 13.0. The molecule has 2 aromatic rings. The maximum absolute atomic E-state index is 11.9. The Hall–Kier alpha value is -2.86. The molecule has 0 heterocycles. The van der Waals surface area contributed by atoms with Crippen LogP contribution in [0.1, 0.15) is 11.1 Å². The molecular formula is C18H19NO5. The van der Waals surface area contributed by atoms with Crippen LogP contribution in [-0.4, -0.2) is 34.4 Å². The number of carbonyl (C=O) groups is 2. The van der Waals surface area contributed by atoms with Crippen molar-refractivity contribution in [1.29, 1.82) is 0 Å². The lowest BCUT2D eigenvalue weighted by Crippen LogP contribution is -2.48. The molecule has 0 aliphatic heterocycles. The lowest BCUT2D eigenvalue weighted by Gasteiger charge is -2.21. The number of amides is 1. The van der Waals surface area contributed by atoms with E-state index < -0.39 is 24.2 Å². The van der Waals surface area contributed by atoms with Gasteiger partial charge >= 0.3 is 12.1 Å². The first-order valence-electron chi connectivity index (χ1n) is 7.48. The van der Waals surface area contributed by atoms with E-state index in [2.05, 4.69) is 5.32 Å². The molecule has 0 aromatic heterocycles. The highest BCUT2D eigenvalue weighted by Crippen LogP contribution is 2.08. The summed E-state index contributed by atoms with van der Waals surface area (Å²) in [6.45, 7) is 0.0634. The number of carboxylic acids is 1. The second-order valence-corrected chi connectivity index (χ2v) is 5.29. The smallest absolute Gasteiger partial charge is 0.407 e. The van der Waals surface area contributed by atoms with Crippen LogP contribution in [0.25, 0.3) is 0 Å². The topological polar surface area (TPSA) is 95.9 Å². The summed E-state index contributed by atoms with van der Waals surface area (Å²) >= 11 is 0. The number of ether oxygens (including phenoxy) is 1. The molecule has 6 nitrogen and oxygen atoms in total. The van der Waals surface area contributed by atoms with Gasteiger partial charge in [-0.25, -0.2) is 9.59 Å². The molecule has 2 atom stereocenters. The van der Waals surface area contributed by atoms with E-state index in [1.165, 1.54) is 0 Å². The Labute approximate surface area is 139 Å². The van der Waals surface area contributed by atoms with E-state index in [1.54, 1.807) is 36.4 Å². The number of carbonyl (C=O) groups excluding carboxylic acids is 1. The van der Waals surface area contributed by atoms with Crippen molar-refractivity contribution < 1.29 is 24.5 Å². The number of aliphatic hydroxyl groups excluding tert-OH is 1. The number of aliphatic carboxylic acids is 1. The van der Waals surface area contributed by atoms with E-state index in [9.17, 15) is 14.7 Å². The molecule has 2 aromatic carbocycles. The third kappa shape index (κ3) is 5.40. The fourth-order valence-corrected chi connectivity index (χ4v) is 2.20. The molecule has 0 bridgehead atoms. The van der Waals surface area contributed by atoms with E-state index >= 15 is 0 Å². The monoisotopic (exact) mass is 329 g/mol. The van der Waals surface area contributed by atoms with Gasteiger partial charge in [-0.15, -0.1) is 0 Å². The van der Waals surface area contributed by atoms with Crippen molar-refractivity contribution in [2.75, 3.05) is 0 Å². The first-order chi connectivity index (χ1) is 11.6. The van der Waals surface area contributed by atoms with Gasteiger partial charge in [-0.3, -0.25) is 0 Å². The lowest BCUT2D eigenvalue weighted by atomic mass is 10.0. The highest BCUT2D eigenvalue weighted by Gasteiger charge is 2.28. The van der Waals surface area contributed by atoms with E-state index in [-0.39, 0.29) is 13.0 Å². The van der Waals surface area contributed by atoms with Gasteiger partial charge in [0.2, 0.25) is 0 Å². The van der Waals surface area contributed by atoms with Crippen LogP contribution in [0.4, 0.5) is 4.79 Å². The van der Waals surface area contributed by atoms with Crippen LogP contribution in [0.15, 0.2) is 60.7 Å². The molecule has 0 aliphatic rings. The predicted molar refractivity (Wildman–Crippen MR) is 87.3 cm³/mol. The SMILES string of the molecule is O=C(N[C@H](Cc1ccccc1)C(O)C(=O)O)OCc1ccccc1. The van der Waals surface area contributed by atoms with Crippen molar-refractivity contribution in [2.45, 2.75) is 25.2 Å². The average molecular weight is 329 g/mol. The summed E-state index contributed by atoms with van der Waals surface area (Å²) in [5.41, 5.74) is 1.61. The zero-order chi connectivity index (χ0) is 17.4. The molecule has 1 unspecified atom stereocenters. The van der Waals surface area contributed by atoms with Crippen LogP contribution in [0.3, 0.4) is 0 Å². The Balaban J connectivity index is 1.96. The first kappa shape index (κ1) is 17.5. The number of nitrogens with one attached hydrogen (secondary N) is 1. The Bertz CT molecular complexity index is 660.